The van der Waals surface area contributed by atoms with Gasteiger partial charge in [0.25, 0.3) is 0 Å². The predicted octanol–water partition coefficient (Wildman–Crippen LogP) is 1.38. The minimum atomic E-state index is -3.27. The number of rotatable bonds is 3. The van der Waals surface area contributed by atoms with Gasteiger partial charge in [-0.05, 0) is 44.5 Å². The number of piperidine rings is 1. The molecule has 4 nitrogen and oxygen atoms in total. The van der Waals surface area contributed by atoms with Gasteiger partial charge in [-0.3, -0.25) is 0 Å². The largest absolute Gasteiger partial charge is 0.398 e. The lowest BCUT2D eigenvalue weighted by atomic mass is 10.0. The topological polar surface area (TPSA) is 63.4 Å². The van der Waals surface area contributed by atoms with Gasteiger partial charge in [0.05, 0.1) is 16.3 Å². The van der Waals surface area contributed by atoms with E-state index in [0.717, 1.165) is 25.9 Å². The molecule has 0 aliphatic carbocycles. The summed E-state index contributed by atoms with van der Waals surface area (Å²) in [5.41, 5.74) is 6.10. The number of nitrogen functional groups attached to an aromatic ring is 1. The molecule has 0 saturated carbocycles. The van der Waals surface area contributed by atoms with E-state index >= 15 is 0 Å². The first kappa shape index (κ1) is 13.4. The molecule has 1 aliphatic heterocycles. The molecule has 0 spiro atoms. The number of para-hydroxylation sites is 1. The van der Waals surface area contributed by atoms with Crippen molar-refractivity contribution >= 4 is 15.5 Å². The van der Waals surface area contributed by atoms with Crippen LogP contribution >= 0.6 is 0 Å². The summed E-state index contributed by atoms with van der Waals surface area (Å²) in [7, 11) is -1.23. The highest BCUT2D eigenvalue weighted by molar-refractivity contribution is 7.91. The molecule has 100 valence electrons. The van der Waals surface area contributed by atoms with E-state index in [1.807, 2.05) is 7.05 Å². The molecule has 2 N–H and O–H groups in total. The number of benzene rings is 1. The first-order chi connectivity index (χ1) is 8.49. The molecule has 1 atom stereocenters. The van der Waals surface area contributed by atoms with Gasteiger partial charge in [0.1, 0.15) is 0 Å². The van der Waals surface area contributed by atoms with E-state index in [9.17, 15) is 8.42 Å². The lowest BCUT2D eigenvalue weighted by Crippen LogP contribution is -2.35. The van der Waals surface area contributed by atoms with Gasteiger partial charge in [-0.15, -0.1) is 0 Å². The summed E-state index contributed by atoms with van der Waals surface area (Å²) < 4.78 is 24.7. The maximum Gasteiger partial charge on any atom is 0.180 e. The Morgan fingerprint density at radius 2 is 2.11 bits per heavy atom. The average Bonchev–Trinajstić information content (AvgIpc) is 2.28. The Morgan fingerprint density at radius 1 is 1.39 bits per heavy atom. The molecular formula is C13H20N2O2S. The third-order valence-electron chi connectivity index (χ3n) is 3.43. The summed E-state index contributed by atoms with van der Waals surface area (Å²) in [6.07, 6.45) is 2.05. The first-order valence-electron chi connectivity index (χ1n) is 6.25. The Labute approximate surface area is 109 Å². The van der Waals surface area contributed by atoms with Crippen molar-refractivity contribution in [3.05, 3.63) is 24.3 Å². The van der Waals surface area contributed by atoms with Crippen molar-refractivity contribution in [2.45, 2.75) is 17.7 Å². The predicted molar refractivity (Wildman–Crippen MR) is 73.1 cm³/mol. The molecule has 1 aliphatic rings. The van der Waals surface area contributed by atoms with Crippen LogP contribution in [-0.2, 0) is 9.84 Å². The smallest absolute Gasteiger partial charge is 0.180 e. The Bertz CT molecular complexity index is 513. The second kappa shape index (κ2) is 5.28. The molecule has 1 aromatic rings. The van der Waals surface area contributed by atoms with Gasteiger partial charge in [0.15, 0.2) is 9.84 Å². The molecule has 1 unspecified atom stereocenters. The molecule has 1 aromatic carbocycles. The van der Waals surface area contributed by atoms with Gasteiger partial charge in [-0.1, -0.05) is 12.1 Å². The number of anilines is 1. The molecule has 1 heterocycles. The van der Waals surface area contributed by atoms with Gasteiger partial charge in [0, 0.05) is 6.54 Å². The fourth-order valence-electron chi connectivity index (χ4n) is 2.57. The average molecular weight is 268 g/mol. The number of nitrogens with zero attached hydrogens (tertiary/aromatic N) is 1. The van der Waals surface area contributed by atoms with Crippen LogP contribution in [0.3, 0.4) is 0 Å². The van der Waals surface area contributed by atoms with Crippen LogP contribution in [0.4, 0.5) is 5.69 Å². The lowest BCUT2D eigenvalue weighted by Gasteiger charge is -2.29. The van der Waals surface area contributed by atoms with Crippen molar-refractivity contribution < 1.29 is 8.42 Å². The highest BCUT2D eigenvalue weighted by atomic mass is 32.2. The van der Waals surface area contributed by atoms with Crippen LogP contribution in [0, 0.1) is 5.92 Å². The number of hydrogen-bond donors (Lipinski definition) is 1. The van der Waals surface area contributed by atoms with E-state index in [1.165, 1.54) is 0 Å². The highest BCUT2D eigenvalue weighted by Gasteiger charge is 2.25. The standard InChI is InChI=1S/C13H20N2O2S/c1-15-8-4-5-11(9-15)10-18(16,17)13-7-3-2-6-12(13)14/h2-3,6-7,11H,4-5,8-10,14H2,1H3. The van der Waals surface area contributed by atoms with Gasteiger partial charge >= 0.3 is 0 Å². The molecule has 18 heavy (non-hydrogen) atoms. The monoisotopic (exact) mass is 268 g/mol. The normalized spacial score (nSPS) is 21.9. The van der Waals surface area contributed by atoms with Crippen molar-refractivity contribution in [1.29, 1.82) is 0 Å². The van der Waals surface area contributed by atoms with Gasteiger partial charge < -0.3 is 10.6 Å². The van der Waals surface area contributed by atoms with E-state index in [1.54, 1.807) is 24.3 Å². The van der Waals surface area contributed by atoms with Gasteiger partial charge in [-0.2, -0.15) is 0 Å². The van der Waals surface area contributed by atoms with Crippen molar-refractivity contribution in [2.75, 3.05) is 31.6 Å². The maximum absolute atomic E-state index is 12.3. The van der Waals surface area contributed by atoms with E-state index in [4.69, 9.17) is 5.73 Å². The molecule has 2 rings (SSSR count). The van der Waals surface area contributed by atoms with Crippen LogP contribution in [0.25, 0.3) is 0 Å². The van der Waals surface area contributed by atoms with Crippen molar-refractivity contribution in [1.82, 2.24) is 4.90 Å². The Morgan fingerprint density at radius 3 is 2.78 bits per heavy atom. The molecular weight excluding hydrogens is 248 g/mol. The fourth-order valence-corrected chi connectivity index (χ4v) is 4.36. The summed E-state index contributed by atoms with van der Waals surface area (Å²) in [6.45, 7) is 1.91. The zero-order valence-electron chi connectivity index (χ0n) is 10.7. The van der Waals surface area contributed by atoms with E-state index in [2.05, 4.69) is 4.90 Å². The summed E-state index contributed by atoms with van der Waals surface area (Å²) in [6, 6.07) is 6.70. The fraction of sp³-hybridized carbons (Fsp3) is 0.538. The minimum absolute atomic E-state index is 0.200. The van der Waals surface area contributed by atoms with Crippen molar-refractivity contribution in [3.63, 3.8) is 0 Å². The molecule has 1 saturated heterocycles. The summed E-state index contributed by atoms with van der Waals surface area (Å²) in [5, 5.41) is 0. The molecule has 1 fully saturated rings. The van der Waals surface area contributed by atoms with Crippen molar-refractivity contribution in [2.24, 2.45) is 5.92 Å². The number of hydrogen-bond acceptors (Lipinski definition) is 4. The van der Waals surface area contributed by atoms with Gasteiger partial charge in [-0.25, -0.2) is 8.42 Å². The Kier molecular flexibility index (Phi) is 3.92. The van der Waals surface area contributed by atoms with Crippen LogP contribution in [0.2, 0.25) is 0 Å². The number of nitrogens with two attached hydrogens (primary N) is 1. The van der Waals surface area contributed by atoms with Crippen molar-refractivity contribution in [3.8, 4) is 0 Å². The van der Waals surface area contributed by atoms with E-state index < -0.39 is 9.84 Å². The molecule has 0 bridgehead atoms. The summed E-state index contributed by atoms with van der Waals surface area (Å²) in [4.78, 5) is 2.47. The number of sulfone groups is 1. The minimum Gasteiger partial charge on any atom is -0.398 e. The summed E-state index contributed by atoms with van der Waals surface area (Å²) >= 11 is 0. The van der Waals surface area contributed by atoms with E-state index in [0.29, 0.717) is 5.69 Å². The molecule has 0 aromatic heterocycles. The third-order valence-corrected chi connectivity index (χ3v) is 5.38. The van der Waals surface area contributed by atoms with Crippen LogP contribution in [0.1, 0.15) is 12.8 Å². The first-order valence-corrected chi connectivity index (χ1v) is 7.90. The molecule has 5 heteroatoms. The Balaban J connectivity index is 2.15. The zero-order valence-corrected chi connectivity index (χ0v) is 11.5. The van der Waals surface area contributed by atoms with E-state index in [-0.39, 0.29) is 16.6 Å². The van der Waals surface area contributed by atoms with Gasteiger partial charge in [0.2, 0.25) is 0 Å². The SMILES string of the molecule is CN1CCCC(CS(=O)(=O)c2ccccc2N)C1. The zero-order chi connectivity index (χ0) is 13.2. The molecule has 0 radical (unpaired) electrons. The molecule has 0 amide bonds. The van der Waals surface area contributed by atoms with Crippen LogP contribution < -0.4 is 5.73 Å². The van der Waals surface area contributed by atoms with Crippen LogP contribution in [0.5, 0.6) is 0 Å². The maximum atomic E-state index is 12.3. The quantitative estimate of drug-likeness (QED) is 0.841. The Hall–Kier alpha value is -1.07. The third kappa shape index (κ3) is 3.03. The van der Waals surface area contributed by atoms with Crippen LogP contribution in [-0.4, -0.2) is 39.2 Å². The summed E-state index contributed by atoms with van der Waals surface area (Å²) in [5.74, 6) is 0.416. The second-order valence-corrected chi connectivity index (χ2v) is 7.09. The second-order valence-electron chi connectivity index (χ2n) is 5.09. The number of likely N-dealkylation sites (tertiary alicyclic amines) is 1. The lowest BCUT2D eigenvalue weighted by molar-refractivity contribution is 0.223. The highest BCUT2D eigenvalue weighted by Crippen LogP contribution is 2.24. The van der Waals surface area contributed by atoms with Crippen LogP contribution in [0.15, 0.2) is 29.2 Å².